The van der Waals surface area contributed by atoms with E-state index >= 15 is 0 Å². The maximum atomic E-state index is 13.4. The zero-order chi connectivity index (χ0) is 22.2. The van der Waals surface area contributed by atoms with Gasteiger partial charge in [0.05, 0.1) is 22.5 Å². The molecule has 0 spiro atoms. The van der Waals surface area contributed by atoms with E-state index in [-0.39, 0.29) is 10.9 Å². The predicted molar refractivity (Wildman–Crippen MR) is 127 cm³/mol. The lowest BCUT2D eigenvalue weighted by Crippen LogP contribution is -2.11. The Labute approximate surface area is 187 Å². The molecule has 7 nitrogen and oxygen atoms in total. The van der Waals surface area contributed by atoms with Gasteiger partial charge in [-0.3, -0.25) is 9.78 Å². The van der Waals surface area contributed by atoms with Crippen molar-refractivity contribution in [1.82, 2.24) is 29.9 Å². The molecule has 0 aliphatic heterocycles. The van der Waals surface area contributed by atoms with Gasteiger partial charge in [0.15, 0.2) is 11.2 Å². The van der Waals surface area contributed by atoms with Crippen molar-refractivity contribution in [1.29, 1.82) is 0 Å². The summed E-state index contributed by atoms with van der Waals surface area (Å²) in [6.07, 6.45) is 8.03. The van der Waals surface area contributed by atoms with Crippen LogP contribution in [-0.2, 0) is 0 Å². The SMILES string of the molecule is O=c1c(-c2cncnc2)c[nH]c2nc(-c3ccccc3)c(-c3ccc4ncccc4c3)nc12. The second-order valence-electron chi connectivity index (χ2n) is 7.55. The molecule has 0 aliphatic rings. The maximum Gasteiger partial charge on any atom is 0.217 e. The van der Waals surface area contributed by atoms with Gasteiger partial charge in [-0.1, -0.05) is 42.5 Å². The lowest BCUT2D eigenvalue weighted by Gasteiger charge is -2.11. The largest absolute Gasteiger partial charge is 0.344 e. The molecule has 0 radical (unpaired) electrons. The molecule has 2 aromatic carbocycles. The van der Waals surface area contributed by atoms with Crippen LogP contribution in [0, 0.1) is 0 Å². The van der Waals surface area contributed by atoms with Crippen LogP contribution >= 0.6 is 0 Å². The van der Waals surface area contributed by atoms with Gasteiger partial charge in [0, 0.05) is 46.9 Å². The lowest BCUT2D eigenvalue weighted by atomic mass is 10.0. The molecule has 0 bridgehead atoms. The Balaban J connectivity index is 1.65. The summed E-state index contributed by atoms with van der Waals surface area (Å²) in [5.74, 6) is 0. The molecule has 1 N–H and O–H groups in total. The van der Waals surface area contributed by atoms with Crippen molar-refractivity contribution >= 4 is 22.1 Å². The van der Waals surface area contributed by atoms with Gasteiger partial charge in [0.25, 0.3) is 0 Å². The summed E-state index contributed by atoms with van der Waals surface area (Å²) in [6.45, 7) is 0. The van der Waals surface area contributed by atoms with Crippen molar-refractivity contribution < 1.29 is 0 Å². The number of benzene rings is 2. The first-order valence-corrected chi connectivity index (χ1v) is 10.4. The molecule has 6 aromatic rings. The number of rotatable bonds is 3. The predicted octanol–water partition coefficient (Wildman–Crippen LogP) is 4.66. The van der Waals surface area contributed by atoms with E-state index in [9.17, 15) is 4.79 Å². The number of aromatic nitrogens is 6. The first-order chi connectivity index (χ1) is 16.3. The fraction of sp³-hybridized carbons (Fsp3) is 0. The second kappa shape index (κ2) is 7.72. The highest BCUT2D eigenvalue weighted by molar-refractivity contribution is 5.90. The molecule has 0 amide bonds. The zero-order valence-electron chi connectivity index (χ0n) is 17.3. The number of hydrogen-bond acceptors (Lipinski definition) is 6. The van der Waals surface area contributed by atoms with Gasteiger partial charge in [-0.15, -0.1) is 0 Å². The number of aromatic amines is 1. The monoisotopic (exact) mass is 428 g/mol. The Morgan fingerprint density at radius 1 is 0.758 bits per heavy atom. The minimum Gasteiger partial charge on any atom is -0.344 e. The van der Waals surface area contributed by atoms with E-state index in [1.807, 2.05) is 60.7 Å². The molecule has 0 atom stereocenters. The van der Waals surface area contributed by atoms with Crippen LogP contribution in [-0.4, -0.2) is 29.9 Å². The molecule has 7 heteroatoms. The number of nitrogens with one attached hydrogen (secondary N) is 1. The molecular formula is C26H16N6O. The number of H-pyrrole nitrogens is 1. The Morgan fingerprint density at radius 2 is 1.58 bits per heavy atom. The van der Waals surface area contributed by atoms with E-state index in [0.717, 1.165) is 22.0 Å². The average molecular weight is 428 g/mol. The molecule has 156 valence electrons. The van der Waals surface area contributed by atoms with Gasteiger partial charge in [-0.2, -0.15) is 0 Å². The van der Waals surface area contributed by atoms with E-state index in [0.29, 0.717) is 28.2 Å². The van der Waals surface area contributed by atoms with Crippen molar-refractivity contribution in [3.8, 4) is 33.6 Å². The van der Waals surface area contributed by atoms with Crippen molar-refractivity contribution in [2.45, 2.75) is 0 Å². The van der Waals surface area contributed by atoms with Gasteiger partial charge in [0.1, 0.15) is 6.33 Å². The topological polar surface area (TPSA) is 97.3 Å². The maximum absolute atomic E-state index is 13.4. The highest BCUT2D eigenvalue weighted by Gasteiger charge is 2.17. The molecular weight excluding hydrogens is 412 g/mol. The standard InChI is InChI=1S/C26H16N6O/c33-25-20(19-12-27-15-28-13-19)14-30-26-24(25)31-23(22(32-26)16-5-2-1-3-6-16)18-8-9-21-17(11-18)7-4-10-29-21/h1-15H,(H,30,32,33). The highest BCUT2D eigenvalue weighted by atomic mass is 16.1. The summed E-state index contributed by atoms with van der Waals surface area (Å²) in [5, 5.41) is 0.986. The Kier molecular flexibility index (Phi) is 4.43. The number of pyridine rings is 2. The van der Waals surface area contributed by atoms with Crippen LogP contribution in [0.4, 0.5) is 0 Å². The molecule has 4 heterocycles. The molecule has 0 unspecified atom stereocenters. The highest BCUT2D eigenvalue weighted by Crippen LogP contribution is 2.31. The first-order valence-electron chi connectivity index (χ1n) is 10.4. The van der Waals surface area contributed by atoms with Crippen molar-refractivity contribution in [2.75, 3.05) is 0 Å². The second-order valence-corrected chi connectivity index (χ2v) is 7.55. The average Bonchev–Trinajstić information content (AvgIpc) is 2.89. The van der Waals surface area contributed by atoms with Crippen LogP contribution in [0.3, 0.4) is 0 Å². The van der Waals surface area contributed by atoms with Crippen LogP contribution in [0.25, 0.3) is 55.7 Å². The Bertz CT molecular complexity index is 1680. The van der Waals surface area contributed by atoms with E-state index in [4.69, 9.17) is 9.97 Å². The van der Waals surface area contributed by atoms with Crippen molar-refractivity contribution in [3.05, 3.63) is 102 Å². The van der Waals surface area contributed by atoms with Gasteiger partial charge >= 0.3 is 0 Å². The molecule has 6 rings (SSSR count). The summed E-state index contributed by atoms with van der Waals surface area (Å²) >= 11 is 0. The third-order valence-corrected chi connectivity index (χ3v) is 5.50. The number of nitrogens with zero attached hydrogens (tertiary/aromatic N) is 5. The molecule has 33 heavy (non-hydrogen) atoms. The normalized spacial score (nSPS) is 11.2. The zero-order valence-corrected chi connectivity index (χ0v) is 17.3. The summed E-state index contributed by atoms with van der Waals surface area (Å²) in [7, 11) is 0. The van der Waals surface area contributed by atoms with Gasteiger partial charge in [-0.05, 0) is 18.2 Å². The van der Waals surface area contributed by atoms with E-state index in [1.54, 1.807) is 24.8 Å². The van der Waals surface area contributed by atoms with Crippen LogP contribution in [0.5, 0.6) is 0 Å². The third kappa shape index (κ3) is 3.32. The molecule has 0 saturated carbocycles. The number of fused-ring (bicyclic) bond motifs is 2. The molecule has 4 aromatic heterocycles. The van der Waals surface area contributed by atoms with Crippen LogP contribution < -0.4 is 5.43 Å². The van der Waals surface area contributed by atoms with Gasteiger partial charge < -0.3 is 4.98 Å². The smallest absolute Gasteiger partial charge is 0.217 e. The fourth-order valence-electron chi connectivity index (χ4n) is 3.90. The van der Waals surface area contributed by atoms with Crippen molar-refractivity contribution in [2.24, 2.45) is 0 Å². The Morgan fingerprint density at radius 3 is 2.42 bits per heavy atom. The van der Waals surface area contributed by atoms with Crippen molar-refractivity contribution in [3.63, 3.8) is 0 Å². The van der Waals surface area contributed by atoms with Gasteiger partial charge in [0.2, 0.25) is 5.43 Å². The van der Waals surface area contributed by atoms with Gasteiger partial charge in [-0.25, -0.2) is 19.9 Å². The summed E-state index contributed by atoms with van der Waals surface area (Å²) < 4.78 is 0. The Hall–Kier alpha value is -4.78. The van der Waals surface area contributed by atoms with Crippen LogP contribution in [0.2, 0.25) is 0 Å². The minimum absolute atomic E-state index is 0.227. The van der Waals surface area contributed by atoms with E-state index in [2.05, 4.69) is 19.9 Å². The summed E-state index contributed by atoms with van der Waals surface area (Å²) in [4.78, 5) is 38.7. The minimum atomic E-state index is -0.227. The summed E-state index contributed by atoms with van der Waals surface area (Å²) in [6, 6.07) is 19.7. The van der Waals surface area contributed by atoms with E-state index in [1.165, 1.54) is 6.33 Å². The fourth-order valence-corrected chi connectivity index (χ4v) is 3.90. The molecule has 0 saturated heterocycles. The molecule has 0 aliphatic carbocycles. The quantitative estimate of drug-likeness (QED) is 0.440. The first kappa shape index (κ1) is 18.9. The van der Waals surface area contributed by atoms with Crippen LogP contribution in [0.15, 0.2) is 96.6 Å². The molecule has 0 fully saturated rings. The summed E-state index contributed by atoms with van der Waals surface area (Å²) in [5.41, 5.74) is 5.50. The third-order valence-electron chi connectivity index (χ3n) is 5.50. The number of hydrogen-bond donors (Lipinski definition) is 1. The van der Waals surface area contributed by atoms with Crippen LogP contribution in [0.1, 0.15) is 0 Å². The lowest BCUT2D eigenvalue weighted by molar-refractivity contribution is 1.16. The van der Waals surface area contributed by atoms with E-state index < -0.39 is 0 Å².